The molecule has 8 nitrogen and oxygen atoms in total. The van der Waals surface area contributed by atoms with E-state index in [-0.39, 0.29) is 23.3 Å². The van der Waals surface area contributed by atoms with Gasteiger partial charge in [-0.1, -0.05) is 42.1 Å². The molecule has 1 amide bonds. The van der Waals surface area contributed by atoms with Crippen LogP contribution in [-0.2, 0) is 16.1 Å². The monoisotopic (exact) mass is 389 g/mol. The highest BCUT2D eigenvalue weighted by Gasteiger charge is 2.24. The van der Waals surface area contributed by atoms with Gasteiger partial charge in [0.1, 0.15) is 5.88 Å². The van der Waals surface area contributed by atoms with Gasteiger partial charge in [-0.15, -0.1) is 0 Å². The number of carbonyl (C=O) groups excluding carboxylic acids is 2. The van der Waals surface area contributed by atoms with E-state index in [1.807, 2.05) is 6.07 Å². The smallest absolute Gasteiger partial charge is 0.257 e. The van der Waals surface area contributed by atoms with Crippen molar-refractivity contribution in [1.29, 1.82) is 0 Å². The average Bonchev–Trinajstić information content (AvgIpc) is 3.11. The van der Waals surface area contributed by atoms with Crippen LogP contribution in [0.1, 0.15) is 18.9 Å². The number of rotatable bonds is 7. The van der Waals surface area contributed by atoms with Gasteiger partial charge in [0.25, 0.3) is 6.20 Å². The first kappa shape index (κ1) is 19.4. The van der Waals surface area contributed by atoms with E-state index in [1.54, 1.807) is 11.0 Å². The summed E-state index contributed by atoms with van der Waals surface area (Å²) in [4.78, 5) is 26.7. The number of benzene rings is 1. The van der Waals surface area contributed by atoms with Crippen molar-refractivity contribution in [2.75, 3.05) is 36.9 Å². The Bertz CT molecular complexity index is 759. The Labute approximate surface area is 162 Å². The molecule has 144 valence electrons. The summed E-state index contributed by atoms with van der Waals surface area (Å²) in [5.41, 5.74) is 1.31. The largest absolute Gasteiger partial charge is 0.588 e. The van der Waals surface area contributed by atoms with E-state index in [1.165, 1.54) is 12.5 Å². The van der Waals surface area contributed by atoms with Crippen LogP contribution in [0.25, 0.3) is 5.32 Å². The number of aromatic nitrogens is 2. The van der Waals surface area contributed by atoms with Crippen molar-refractivity contribution in [3.63, 3.8) is 0 Å². The van der Waals surface area contributed by atoms with Crippen LogP contribution in [0.3, 0.4) is 0 Å². The first-order valence-electron chi connectivity index (χ1n) is 8.88. The minimum atomic E-state index is -0.320. The second kappa shape index (κ2) is 9.52. The van der Waals surface area contributed by atoms with Crippen LogP contribution < -0.4 is 9.80 Å². The molecule has 1 aromatic heterocycles. The second-order valence-corrected chi connectivity index (χ2v) is 7.54. The lowest BCUT2D eigenvalue weighted by atomic mass is 10.2. The van der Waals surface area contributed by atoms with Crippen molar-refractivity contribution in [2.24, 2.45) is 0 Å². The molecule has 0 bridgehead atoms. The Morgan fingerprint density at radius 1 is 1.22 bits per heavy atom. The molecule has 9 heteroatoms. The van der Waals surface area contributed by atoms with Crippen molar-refractivity contribution in [3.05, 3.63) is 47.4 Å². The van der Waals surface area contributed by atoms with Crippen LogP contribution in [0.2, 0.25) is 0 Å². The quantitative estimate of drug-likeness (QED) is 0.665. The van der Waals surface area contributed by atoms with E-state index >= 15 is 0 Å². The summed E-state index contributed by atoms with van der Waals surface area (Å²) in [5, 5.41) is 9.89. The SMILES string of the molecule is CC(=O)SCCC(=O)[N-]c1c[n+](N2CCN(Cc3ccccc3)CC2)no1. The topological polar surface area (TPSA) is 84.6 Å². The van der Waals surface area contributed by atoms with Gasteiger partial charge in [0, 0.05) is 32.3 Å². The molecule has 1 aromatic carbocycles. The van der Waals surface area contributed by atoms with Gasteiger partial charge in [0.05, 0.1) is 23.8 Å². The molecule has 0 unspecified atom stereocenters. The van der Waals surface area contributed by atoms with Gasteiger partial charge >= 0.3 is 0 Å². The van der Waals surface area contributed by atoms with E-state index in [2.05, 4.69) is 44.8 Å². The van der Waals surface area contributed by atoms with Gasteiger partial charge in [-0.25, -0.2) is 0 Å². The maximum absolute atomic E-state index is 11.8. The second-order valence-electron chi connectivity index (χ2n) is 6.27. The lowest BCUT2D eigenvalue weighted by Gasteiger charge is -2.30. The van der Waals surface area contributed by atoms with Gasteiger partial charge in [-0.2, -0.15) is 5.01 Å². The molecule has 0 radical (unpaired) electrons. The average molecular weight is 389 g/mol. The summed E-state index contributed by atoms with van der Waals surface area (Å²) in [6.45, 7) is 5.88. The van der Waals surface area contributed by atoms with Gasteiger partial charge in [0.15, 0.2) is 5.12 Å². The van der Waals surface area contributed by atoms with Gasteiger partial charge in [0.2, 0.25) is 5.27 Å². The van der Waals surface area contributed by atoms with E-state index in [0.29, 0.717) is 5.75 Å². The Morgan fingerprint density at radius 3 is 2.67 bits per heavy atom. The number of thioether (sulfide) groups is 1. The molecule has 2 heterocycles. The highest BCUT2D eigenvalue weighted by Crippen LogP contribution is 2.17. The predicted octanol–water partition coefficient (Wildman–Crippen LogP) is 1.62. The van der Waals surface area contributed by atoms with E-state index in [0.717, 1.165) is 44.5 Å². The number of hydrogen-bond acceptors (Lipinski definition) is 7. The molecule has 3 rings (SSSR count). The minimum Gasteiger partial charge on any atom is -0.588 e. The maximum Gasteiger partial charge on any atom is 0.257 e. The molecular formula is C18H23N5O3S. The van der Waals surface area contributed by atoms with Crippen LogP contribution in [0.5, 0.6) is 0 Å². The Morgan fingerprint density at radius 2 is 1.96 bits per heavy atom. The molecule has 0 spiro atoms. The van der Waals surface area contributed by atoms with E-state index in [9.17, 15) is 9.59 Å². The Kier molecular flexibility index (Phi) is 6.83. The number of nitrogens with zero attached hydrogens (tertiary/aromatic N) is 5. The van der Waals surface area contributed by atoms with Crippen LogP contribution in [0.4, 0.5) is 5.88 Å². The maximum atomic E-state index is 11.8. The Hall–Kier alpha value is -2.39. The van der Waals surface area contributed by atoms with Crippen LogP contribution >= 0.6 is 11.8 Å². The number of amides is 1. The summed E-state index contributed by atoms with van der Waals surface area (Å²) in [6, 6.07) is 10.4. The normalized spacial score (nSPS) is 14.9. The standard InChI is InChI=1S/C18H23N5O3S/c1-15(24)27-12-7-17(25)19-18-14-23(20-26-18)22-10-8-21(9-11-22)13-16-5-3-2-4-6-16/h2-6,14H,7-13H2,1H3. The van der Waals surface area contributed by atoms with Crippen molar-refractivity contribution >= 4 is 28.7 Å². The molecule has 1 saturated heterocycles. The summed E-state index contributed by atoms with van der Waals surface area (Å²) >= 11 is 1.11. The van der Waals surface area contributed by atoms with Gasteiger partial charge in [-0.3, -0.25) is 9.69 Å². The highest BCUT2D eigenvalue weighted by molar-refractivity contribution is 8.13. The van der Waals surface area contributed by atoms with Crippen molar-refractivity contribution in [1.82, 2.24) is 10.2 Å². The zero-order valence-corrected chi connectivity index (χ0v) is 16.1. The molecule has 1 fully saturated rings. The lowest BCUT2D eigenvalue weighted by Crippen LogP contribution is -2.65. The summed E-state index contributed by atoms with van der Waals surface area (Å²) < 4.78 is 5.13. The molecule has 2 aromatic rings. The molecule has 0 atom stereocenters. The molecule has 27 heavy (non-hydrogen) atoms. The molecule has 0 aliphatic carbocycles. The van der Waals surface area contributed by atoms with Gasteiger partial charge < -0.3 is 14.6 Å². The zero-order chi connectivity index (χ0) is 19.1. The van der Waals surface area contributed by atoms with Crippen LogP contribution in [-0.4, -0.2) is 53.1 Å². The fraction of sp³-hybridized carbons (Fsp3) is 0.444. The minimum absolute atomic E-state index is 0.00767. The van der Waals surface area contributed by atoms with Crippen LogP contribution in [0.15, 0.2) is 41.1 Å². The molecule has 0 N–H and O–H groups in total. The fourth-order valence-electron chi connectivity index (χ4n) is 2.81. The third-order valence-electron chi connectivity index (χ3n) is 4.19. The predicted molar refractivity (Wildman–Crippen MR) is 102 cm³/mol. The lowest BCUT2D eigenvalue weighted by molar-refractivity contribution is -0.759. The van der Waals surface area contributed by atoms with Crippen molar-refractivity contribution in [3.8, 4) is 0 Å². The first-order valence-corrected chi connectivity index (χ1v) is 9.87. The summed E-state index contributed by atoms with van der Waals surface area (Å²) in [6.07, 6.45) is 1.81. The van der Waals surface area contributed by atoms with E-state index < -0.39 is 0 Å². The summed E-state index contributed by atoms with van der Waals surface area (Å²) in [5.74, 6) is 0.286. The number of carbonyl (C=O) groups is 2. The number of piperazine rings is 1. The van der Waals surface area contributed by atoms with Crippen molar-refractivity contribution in [2.45, 2.75) is 19.9 Å². The Balaban J connectivity index is 1.44. The van der Waals surface area contributed by atoms with Crippen molar-refractivity contribution < 1.29 is 18.9 Å². The fourth-order valence-corrected chi connectivity index (χ4v) is 3.38. The van der Waals surface area contributed by atoms with Crippen LogP contribution in [0, 0.1) is 0 Å². The zero-order valence-electron chi connectivity index (χ0n) is 15.3. The van der Waals surface area contributed by atoms with E-state index in [4.69, 9.17) is 4.52 Å². The molecule has 0 saturated carbocycles. The first-order chi connectivity index (χ1) is 13.1. The number of hydrogen-bond donors (Lipinski definition) is 0. The molecule has 1 aliphatic heterocycles. The third-order valence-corrected chi connectivity index (χ3v) is 5.00. The third kappa shape index (κ3) is 6.07. The molecular weight excluding hydrogens is 366 g/mol. The molecule has 1 aliphatic rings. The highest BCUT2D eigenvalue weighted by atomic mass is 32.2. The summed E-state index contributed by atoms with van der Waals surface area (Å²) in [7, 11) is 0. The van der Waals surface area contributed by atoms with Gasteiger partial charge in [-0.05, 0) is 12.0 Å².